The summed E-state index contributed by atoms with van der Waals surface area (Å²) in [6.45, 7) is 4.37. The Kier molecular flexibility index (Phi) is 6.27. The molecule has 1 aromatic carbocycles. The minimum atomic E-state index is 0.0157. The smallest absolute Gasteiger partial charge is 0.317 e. The molecule has 162 valence electrons. The van der Waals surface area contributed by atoms with Crippen molar-refractivity contribution in [3.05, 3.63) is 48.3 Å². The van der Waals surface area contributed by atoms with Crippen LogP contribution in [0.4, 0.5) is 10.5 Å². The number of nitrogens with zero attached hydrogens (tertiary/aromatic N) is 3. The molecule has 0 unspecified atom stereocenters. The van der Waals surface area contributed by atoms with E-state index < -0.39 is 0 Å². The van der Waals surface area contributed by atoms with Crippen LogP contribution in [0.15, 0.2) is 42.7 Å². The highest BCUT2D eigenvalue weighted by atomic mass is 16.3. The van der Waals surface area contributed by atoms with Crippen LogP contribution in [0.3, 0.4) is 0 Å². The van der Waals surface area contributed by atoms with Crippen LogP contribution in [-0.2, 0) is 6.54 Å². The molecule has 2 aromatic rings. The maximum absolute atomic E-state index is 12.8. The molecule has 2 heterocycles. The van der Waals surface area contributed by atoms with Crippen molar-refractivity contribution in [3.8, 4) is 0 Å². The van der Waals surface area contributed by atoms with Gasteiger partial charge in [-0.2, -0.15) is 5.10 Å². The number of carbonyl (C=O) groups excluding carboxylic acids is 1. The summed E-state index contributed by atoms with van der Waals surface area (Å²) in [5.74, 6) is 0. The summed E-state index contributed by atoms with van der Waals surface area (Å²) in [5.41, 5.74) is 2.42. The second kappa shape index (κ2) is 9.08. The van der Waals surface area contributed by atoms with Crippen LogP contribution < -0.4 is 10.6 Å². The van der Waals surface area contributed by atoms with E-state index >= 15 is 0 Å². The molecular formula is C23H33N5O2. The fraction of sp³-hybridized carbons (Fsp3) is 0.565. The molecular weight excluding hydrogens is 378 g/mol. The minimum absolute atomic E-state index is 0.0157. The fourth-order valence-corrected chi connectivity index (χ4v) is 4.89. The molecule has 2 fully saturated rings. The second-order valence-electron chi connectivity index (χ2n) is 8.89. The first-order valence-electron chi connectivity index (χ1n) is 11.1. The molecule has 3 N–H and O–H groups in total. The quantitative estimate of drug-likeness (QED) is 0.680. The molecule has 0 radical (unpaired) electrons. The van der Waals surface area contributed by atoms with E-state index in [1.54, 1.807) is 4.68 Å². The zero-order valence-corrected chi connectivity index (χ0v) is 17.8. The highest BCUT2D eigenvalue weighted by Crippen LogP contribution is 2.44. The first kappa shape index (κ1) is 20.7. The monoisotopic (exact) mass is 411 g/mol. The Morgan fingerprint density at radius 2 is 2.03 bits per heavy atom. The summed E-state index contributed by atoms with van der Waals surface area (Å²) < 4.78 is 1.76. The number of carbonyl (C=O) groups is 1. The van der Waals surface area contributed by atoms with Crippen LogP contribution in [0, 0.1) is 5.41 Å². The van der Waals surface area contributed by atoms with Crippen molar-refractivity contribution in [1.82, 2.24) is 20.0 Å². The lowest BCUT2D eigenvalue weighted by Gasteiger charge is -2.37. The topological polar surface area (TPSA) is 82.4 Å². The molecule has 1 saturated carbocycles. The normalized spacial score (nSPS) is 24.7. The zero-order valence-electron chi connectivity index (χ0n) is 17.8. The molecule has 1 aliphatic carbocycles. The van der Waals surface area contributed by atoms with Gasteiger partial charge < -0.3 is 20.6 Å². The maximum atomic E-state index is 12.8. The van der Waals surface area contributed by atoms with E-state index in [1.807, 2.05) is 42.4 Å². The summed E-state index contributed by atoms with van der Waals surface area (Å²) in [4.78, 5) is 14.8. The third-order valence-electron chi connectivity index (χ3n) is 6.74. The van der Waals surface area contributed by atoms with Gasteiger partial charge in [0.05, 0.1) is 31.1 Å². The number of likely N-dealkylation sites (tertiary alicyclic amines) is 1. The molecule has 0 bridgehead atoms. The van der Waals surface area contributed by atoms with Gasteiger partial charge in [0.2, 0.25) is 0 Å². The van der Waals surface area contributed by atoms with E-state index in [2.05, 4.69) is 27.9 Å². The third kappa shape index (κ3) is 4.78. The van der Waals surface area contributed by atoms with Gasteiger partial charge in [0.15, 0.2) is 0 Å². The van der Waals surface area contributed by atoms with Crippen molar-refractivity contribution in [2.75, 3.05) is 25.0 Å². The fourth-order valence-electron chi connectivity index (χ4n) is 4.89. The number of nitrogens with one attached hydrogen (secondary N) is 2. The molecule has 1 saturated heterocycles. The average molecular weight is 412 g/mol. The van der Waals surface area contributed by atoms with E-state index in [9.17, 15) is 4.79 Å². The van der Waals surface area contributed by atoms with Crippen molar-refractivity contribution in [1.29, 1.82) is 0 Å². The molecule has 1 aliphatic heterocycles. The van der Waals surface area contributed by atoms with E-state index in [4.69, 9.17) is 5.11 Å². The van der Waals surface area contributed by atoms with Gasteiger partial charge in [-0.05, 0) is 50.0 Å². The Bertz CT molecular complexity index is 829. The number of aliphatic hydroxyl groups excluding tert-OH is 1. The van der Waals surface area contributed by atoms with Crippen LogP contribution in [0.1, 0.15) is 50.6 Å². The van der Waals surface area contributed by atoms with Gasteiger partial charge in [0.1, 0.15) is 0 Å². The Hall–Kier alpha value is -2.54. The van der Waals surface area contributed by atoms with Crippen molar-refractivity contribution >= 4 is 11.7 Å². The second-order valence-corrected chi connectivity index (χ2v) is 8.89. The summed E-state index contributed by atoms with van der Waals surface area (Å²) in [6, 6.07) is 10.6. The molecule has 1 atom stereocenters. The molecule has 4 rings (SSSR count). The zero-order chi connectivity index (χ0) is 21.0. The molecule has 1 aromatic heterocycles. The van der Waals surface area contributed by atoms with Gasteiger partial charge in [0, 0.05) is 25.3 Å². The highest BCUT2D eigenvalue weighted by Gasteiger charge is 2.42. The van der Waals surface area contributed by atoms with Gasteiger partial charge in [0.25, 0.3) is 0 Å². The van der Waals surface area contributed by atoms with Gasteiger partial charge in [-0.3, -0.25) is 4.68 Å². The number of amides is 2. The Balaban J connectivity index is 1.25. The average Bonchev–Trinajstić information content (AvgIpc) is 3.38. The number of urea groups is 1. The van der Waals surface area contributed by atoms with E-state index in [-0.39, 0.29) is 24.1 Å². The Morgan fingerprint density at radius 1 is 1.27 bits per heavy atom. The number of benzene rings is 1. The van der Waals surface area contributed by atoms with E-state index in [0.29, 0.717) is 12.6 Å². The SMILES string of the molecule is C[C@H](NC(=O)N1CC[C@]2(CC[C@@H](Nc3cnn(CCO)c3)CC2)C1)c1ccccc1. The molecule has 7 heteroatoms. The Morgan fingerprint density at radius 3 is 2.77 bits per heavy atom. The lowest BCUT2D eigenvalue weighted by atomic mass is 9.72. The summed E-state index contributed by atoms with van der Waals surface area (Å²) >= 11 is 0. The van der Waals surface area contributed by atoms with Crippen molar-refractivity contribution in [3.63, 3.8) is 0 Å². The number of anilines is 1. The molecule has 2 amide bonds. The van der Waals surface area contributed by atoms with Gasteiger partial charge >= 0.3 is 6.03 Å². The lowest BCUT2D eigenvalue weighted by molar-refractivity contribution is 0.171. The van der Waals surface area contributed by atoms with Crippen LogP contribution >= 0.6 is 0 Å². The van der Waals surface area contributed by atoms with Crippen molar-refractivity contribution in [2.24, 2.45) is 5.41 Å². The molecule has 1 spiro atoms. The number of hydrogen-bond donors (Lipinski definition) is 3. The van der Waals surface area contributed by atoms with Crippen molar-refractivity contribution in [2.45, 2.75) is 57.7 Å². The first-order chi connectivity index (χ1) is 14.6. The van der Waals surface area contributed by atoms with E-state index in [0.717, 1.165) is 56.4 Å². The summed E-state index contributed by atoms with van der Waals surface area (Å²) in [6.07, 6.45) is 9.40. The first-order valence-corrected chi connectivity index (χ1v) is 11.1. The lowest BCUT2D eigenvalue weighted by Crippen LogP contribution is -2.42. The summed E-state index contributed by atoms with van der Waals surface area (Å²) in [5, 5.41) is 20.0. The predicted molar refractivity (Wildman–Crippen MR) is 117 cm³/mol. The molecule has 30 heavy (non-hydrogen) atoms. The molecule has 2 aliphatic rings. The highest BCUT2D eigenvalue weighted by molar-refractivity contribution is 5.75. The number of aromatic nitrogens is 2. The van der Waals surface area contributed by atoms with Crippen LogP contribution in [0.5, 0.6) is 0 Å². The third-order valence-corrected chi connectivity index (χ3v) is 6.74. The number of hydrogen-bond acceptors (Lipinski definition) is 4. The van der Waals surface area contributed by atoms with Crippen LogP contribution in [-0.4, -0.2) is 51.6 Å². The maximum Gasteiger partial charge on any atom is 0.317 e. The largest absolute Gasteiger partial charge is 0.394 e. The van der Waals surface area contributed by atoms with Crippen LogP contribution in [0.2, 0.25) is 0 Å². The number of rotatable bonds is 6. The number of aliphatic hydroxyl groups is 1. The predicted octanol–water partition coefficient (Wildman–Crippen LogP) is 3.39. The molecule has 7 nitrogen and oxygen atoms in total. The summed E-state index contributed by atoms with van der Waals surface area (Å²) in [7, 11) is 0. The minimum Gasteiger partial charge on any atom is -0.394 e. The standard InChI is InChI=1S/C23H33N5O2/c1-18(19-5-3-2-4-6-19)25-22(30)27-12-11-23(17-27)9-7-20(8-10-23)26-21-15-24-28(16-21)13-14-29/h2-6,15-16,18,20,26,29H,7-14,17H2,1H3,(H,25,30)/t18-,20-,23-/m0/s1. The van der Waals surface area contributed by atoms with Gasteiger partial charge in [-0.15, -0.1) is 0 Å². The van der Waals surface area contributed by atoms with Gasteiger partial charge in [-0.1, -0.05) is 30.3 Å². The van der Waals surface area contributed by atoms with Crippen LogP contribution in [0.25, 0.3) is 0 Å². The van der Waals surface area contributed by atoms with Gasteiger partial charge in [-0.25, -0.2) is 4.79 Å². The van der Waals surface area contributed by atoms with E-state index in [1.165, 1.54) is 0 Å². The van der Waals surface area contributed by atoms with Crippen molar-refractivity contribution < 1.29 is 9.90 Å². The Labute approximate surface area is 178 Å².